The van der Waals surface area contributed by atoms with Gasteiger partial charge in [-0.3, -0.25) is 0 Å². The van der Waals surface area contributed by atoms with Gasteiger partial charge >= 0.3 is 0 Å². The molecule has 0 bridgehead atoms. The van der Waals surface area contributed by atoms with Crippen LogP contribution in [0.15, 0.2) is 46.9 Å². The lowest BCUT2D eigenvalue weighted by atomic mass is 9.93. The van der Waals surface area contributed by atoms with Crippen molar-refractivity contribution in [3.8, 4) is 5.75 Å². The van der Waals surface area contributed by atoms with E-state index in [1.54, 1.807) is 0 Å². The Balaban J connectivity index is 1.93. The van der Waals surface area contributed by atoms with Crippen molar-refractivity contribution in [3.05, 3.63) is 63.1 Å². The second-order valence-corrected chi connectivity index (χ2v) is 6.54. The van der Waals surface area contributed by atoms with Gasteiger partial charge in [-0.1, -0.05) is 46.6 Å². The lowest BCUT2D eigenvalue weighted by Gasteiger charge is -2.33. The molecule has 1 N–H and O–H groups in total. The third-order valence-electron chi connectivity index (χ3n) is 3.76. The molecule has 0 spiro atoms. The average molecular weight is 367 g/mol. The Kier molecular flexibility index (Phi) is 4.53. The summed E-state index contributed by atoms with van der Waals surface area (Å²) in [5.41, 5.74) is 2.38. The second kappa shape index (κ2) is 6.39. The monoisotopic (exact) mass is 365 g/mol. The highest BCUT2D eigenvalue weighted by Gasteiger charge is 2.28. The Bertz CT molecular complexity index is 629. The van der Waals surface area contributed by atoms with Gasteiger partial charge < -0.3 is 10.1 Å². The maximum atomic E-state index is 6.19. The summed E-state index contributed by atoms with van der Waals surface area (Å²) in [5.74, 6) is 0.954. The first-order valence-corrected chi connectivity index (χ1v) is 8.29. The van der Waals surface area contributed by atoms with Gasteiger partial charge in [0.05, 0.1) is 0 Å². The zero-order chi connectivity index (χ0) is 14.8. The number of hydrogen-bond donors (Lipinski definition) is 1. The Hall–Kier alpha value is -1.03. The molecule has 0 aliphatic carbocycles. The Morgan fingerprint density at radius 3 is 2.71 bits per heavy atom. The first-order valence-electron chi connectivity index (χ1n) is 7.12. The van der Waals surface area contributed by atoms with Crippen molar-refractivity contribution in [2.24, 2.45) is 0 Å². The Morgan fingerprint density at radius 1 is 1.24 bits per heavy atom. The van der Waals surface area contributed by atoms with Gasteiger partial charge in [0.25, 0.3) is 0 Å². The Morgan fingerprint density at radius 2 is 2.00 bits per heavy atom. The van der Waals surface area contributed by atoms with Crippen LogP contribution in [0.3, 0.4) is 0 Å². The van der Waals surface area contributed by atoms with Crippen LogP contribution in [0.25, 0.3) is 0 Å². The molecule has 2 unspecified atom stereocenters. The molecule has 21 heavy (non-hydrogen) atoms. The van der Waals surface area contributed by atoms with Gasteiger partial charge in [-0.15, -0.1) is 0 Å². The molecule has 0 amide bonds. The van der Waals surface area contributed by atoms with E-state index >= 15 is 0 Å². The molecule has 2 nitrogen and oxygen atoms in total. The van der Waals surface area contributed by atoms with Gasteiger partial charge in [0, 0.05) is 27.5 Å². The SMILES string of the molecule is CCNC1CC(c2ccc(Cl)cc2)Oc2ccc(Br)cc21. The van der Waals surface area contributed by atoms with Crippen molar-refractivity contribution in [1.29, 1.82) is 0 Å². The minimum absolute atomic E-state index is 0.0555. The standard InChI is InChI=1S/C17H17BrClNO/c1-2-20-15-10-17(11-3-6-13(19)7-4-11)21-16-8-5-12(18)9-14(15)16/h3-9,15,17,20H,2,10H2,1H3. The third-order valence-corrected chi connectivity index (χ3v) is 4.50. The predicted octanol–water partition coefficient (Wildman–Crippen LogP) is 5.28. The van der Waals surface area contributed by atoms with Crippen LogP contribution in [0.1, 0.15) is 36.6 Å². The number of halogens is 2. The smallest absolute Gasteiger partial charge is 0.126 e. The molecular weight excluding hydrogens is 350 g/mol. The molecule has 110 valence electrons. The summed E-state index contributed by atoms with van der Waals surface area (Å²) in [7, 11) is 0. The summed E-state index contributed by atoms with van der Waals surface area (Å²) in [6, 6.07) is 14.4. The minimum Gasteiger partial charge on any atom is -0.485 e. The van der Waals surface area contributed by atoms with Crippen LogP contribution in [0.5, 0.6) is 5.75 Å². The van der Waals surface area contributed by atoms with E-state index in [-0.39, 0.29) is 6.10 Å². The van der Waals surface area contributed by atoms with Crippen molar-refractivity contribution < 1.29 is 4.74 Å². The molecule has 2 aromatic rings. The molecule has 0 saturated heterocycles. The molecule has 1 aliphatic rings. The Labute approximate surface area is 138 Å². The maximum Gasteiger partial charge on any atom is 0.126 e. The van der Waals surface area contributed by atoms with Crippen LogP contribution < -0.4 is 10.1 Å². The van der Waals surface area contributed by atoms with Crippen LogP contribution in [-0.4, -0.2) is 6.54 Å². The topological polar surface area (TPSA) is 21.3 Å². The lowest BCUT2D eigenvalue weighted by molar-refractivity contribution is 0.152. The van der Waals surface area contributed by atoms with Gasteiger partial charge in [0.1, 0.15) is 11.9 Å². The first kappa shape index (κ1) is 14.9. The molecule has 1 heterocycles. The largest absolute Gasteiger partial charge is 0.485 e. The highest BCUT2D eigenvalue weighted by atomic mass is 79.9. The quantitative estimate of drug-likeness (QED) is 0.798. The van der Waals surface area contributed by atoms with Crippen LogP contribution in [0, 0.1) is 0 Å². The zero-order valence-electron chi connectivity index (χ0n) is 11.8. The van der Waals surface area contributed by atoms with Crippen LogP contribution in [0.2, 0.25) is 5.02 Å². The van der Waals surface area contributed by atoms with Gasteiger partial charge in [-0.2, -0.15) is 0 Å². The summed E-state index contributed by atoms with van der Waals surface area (Å²) < 4.78 is 7.27. The van der Waals surface area contributed by atoms with Gasteiger partial charge in [-0.25, -0.2) is 0 Å². The number of nitrogens with one attached hydrogen (secondary N) is 1. The average Bonchev–Trinajstić information content (AvgIpc) is 2.48. The van der Waals surface area contributed by atoms with Crippen LogP contribution >= 0.6 is 27.5 Å². The molecule has 3 rings (SSSR count). The molecule has 2 atom stereocenters. The zero-order valence-corrected chi connectivity index (χ0v) is 14.1. The van der Waals surface area contributed by atoms with Crippen molar-refractivity contribution in [1.82, 2.24) is 5.32 Å². The summed E-state index contributed by atoms with van der Waals surface area (Å²) in [5, 5.41) is 4.30. The van der Waals surface area contributed by atoms with E-state index in [9.17, 15) is 0 Å². The second-order valence-electron chi connectivity index (χ2n) is 5.19. The van der Waals surface area contributed by atoms with Crippen LogP contribution in [-0.2, 0) is 0 Å². The summed E-state index contributed by atoms with van der Waals surface area (Å²) in [6.45, 7) is 3.06. The molecule has 0 radical (unpaired) electrons. The summed E-state index contributed by atoms with van der Waals surface area (Å²) in [6.07, 6.45) is 0.971. The van der Waals surface area contributed by atoms with E-state index in [0.29, 0.717) is 6.04 Å². The molecular formula is C17H17BrClNO. The van der Waals surface area contributed by atoms with E-state index in [1.807, 2.05) is 36.4 Å². The predicted molar refractivity (Wildman–Crippen MR) is 90.0 cm³/mol. The van der Waals surface area contributed by atoms with Crippen molar-refractivity contribution in [3.63, 3.8) is 0 Å². The van der Waals surface area contributed by atoms with Crippen molar-refractivity contribution in [2.75, 3.05) is 6.54 Å². The molecule has 1 aliphatic heterocycles. The van der Waals surface area contributed by atoms with Crippen LogP contribution in [0.4, 0.5) is 0 Å². The summed E-state index contributed by atoms with van der Waals surface area (Å²) >= 11 is 9.51. The number of hydrogen-bond acceptors (Lipinski definition) is 2. The van der Waals surface area contributed by atoms with E-state index in [2.05, 4.69) is 34.2 Å². The van der Waals surface area contributed by atoms with Gasteiger partial charge in [-0.05, 0) is 42.4 Å². The van der Waals surface area contributed by atoms with Gasteiger partial charge in [0.15, 0.2) is 0 Å². The molecule has 4 heteroatoms. The first-order chi connectivity index (χ1) is 10.2. The van der Waals surface area contributed by atoms with Crippen molar-refractivity contribution in [2.45, 2.75) is 25.5 Å². The molecule has 0 fully saturated rings. The number of fused-ring (bicyclic) bond motifs is 1. The highest BCUT2D eigenvalue weighted by Crippen LogP contribution is 2.41. The van der Waals surface area contributed by atoms with Gasteiger partial charge in [0.2, 0.25) is 0 Å². The number of rotatable bonds is 3. The van der Waals surface area contributed by atoms with E-state index < -0.39 is 0 Å². The molecule has 2 aromatic carbocycles. The highest BCUT2D eigenvalue weighted by molar-refractivity contribution is 9.10. The summed E-state index contributed by atoms with van der Waals surface area (Å²) in [4.78, 5) is 0. The van der Waals surface area contributed by atoms with E-state index in [0.717, 1.165) is 33.8 Å². The fourth-order valence-electron chi connectivity index (χ4n) is 2.76. The fraction of sp³-hybridized carbons (Fsp3) is 0.294. The maximum absolute atomic E-state index is 6.19. The number of benzene rings is 2. The number of ether oxygens (including phenoxy) is 1. The van der Waals surface area contributed by atoms with E-state index in [1.165, 1.54) is 5.56 Å². The molecule has 0 saturated carbocycles. The lowest BCUT2D eigenvalue weighted by Crippen LogP contribution is -2.29. The molecule has 0 aromatic heterocycles. The minimum atomic E-state index is 0.0555. The van der Waals surface area contributed by atoms with E-state index in [4.69, 9.17) is 16.3 Å². The van der Waals surface area contributed by atoms with Crippen molar-refractivity contribution >= 4 is 27.5 Å². The third kappa shape index (κ3) is 3.25. The normalized spacial score (nSPS) is 20.7. The fourth-order valence-corrected chi connectivity index (χ4v) is 3.27.